The Balaban J connectivity index is 1.78. The number of aliphatic carboxylic acids is 1. The SMILES string of the molecule is CC(C(=O)O)[C@H]1C[C@@H](C)C=C2C=C[C@@H](C)[C@H](CC[C@@H]3C[C@@H](O)CC(=O)O3)[C@@H]21. The van der Waals surface area contributed by atoms with Gasteiger partial charge in [-0.15, -0.1) is 0 Å². The molecule has 1 heterocycles. The molecule has 8 atom stereocenters. The highest BCUT2D eigenvalue weighted by molar-refractivity contribution is 5.71. The Kier molecular flexibility index (Phi) is 6.09. The molecule has 0 spiro atoms. The lowest BCUT2D eigenvalue weighted by molar-refractivity contribution is -0.160. The molecule has 1 unspecified atom stereocenters. The largest absolute Gasteiger partial charge is 0.481 e. The maximum atomic E-state index is 11.7. The van der Waals surface area contributed by atoms with Gasteiger partial charge in [-0.1, -0.05) is 39.0 Å². The summed E-state index contributed by atoms with van der Waals surface area (Å²) in [6, 6.07) is 0. The number of aliphatic hydroxyl groups excluding tert-OH is 1. The maximum Gasteiger partial charge on any atom is 0.308 e. The highest BCUT2D eigenvalue weighted by Crippen LogP contribution is 2.49. The number of carbonyl (C=O) groups is 2. The number of allylic oxidation sites excluding steroid dienone is 4. The van der Waals surface area contributed by atoms with Crippen LogP contribution in [0.25, 0.3) is 0 Å². The minimum Gasteiger partial charge on any atom is -0.481 e. The quantitative estimate of drug-likeness (QED) is 0.717. The van der Waals surface area contributed by atoms with Crippen LogP contribution in [0.15, 0.2) is 23.8 Å². The molecule has 0 saturated carbocycles. The molecule has 27 heavy (non-hydrogen) atoms. The highest BCUT2D eigenvalue weighted by Gasteiger charge is 2.43. The second kappa shape index (κ2) is 8.17. The van der Waals surface area contributed by atoms with Crippen LogP contribution in [0.5, 0.6) is 0 Å². The number of rotatable bonds is 5. The predicted octanol–water partition coefficient (Wildman–Crippen LogP) is 3.57. The third-order valence-electron chi connectivity index (χ3n) is 6.79. The van der Waals surface area contributed by atoms with Crippen LogP contribution in [0, 0.1) is 35.5 Å². The lowest BCUT2D eigenvalue weighted by Gasteiger charge is -2.45. The van der Waals surface area contributed by atoms with Crippen LogP contribution in [0.2, 0.25) is 0 Å². The number of esters is 1. The van der Waals surface area contributed by atoms with Gasteiger partial charge >= 0.3 is 11.9 Å². The first-order valence-corrected chi connectivity index (χ1v) is 10.3. The van der Waals surface area contributed by atoms with E-state index in [1.165, 1.54) is 5.57 Å². The van der Waals surface area contributed by atoms with Crippen LogP contribution in [-0.2, 0) is 14.3 Å². The van der Waals surface area contributed by atoms with E-state index in [9.17, 15) is 19.8 Å². The summed E-state index contributed by atoms with van der Waals surface area (Å²) in [7, 11) is 0. The molecule has 2 N–H and O–H groups in total. The van der Waals surface area contributed by atoms with Gasteiger partial charge in [-0.2, -0.15) is 0 Å². The minimum absolute atomic E-state index is 0.0880. The van der Waals surface area contributed by atoms with Gasteiger partial charge in [0.2, 0.25) is 0 Å². The van der Waals surface area contributed by atoms with Crippen molar-refractivity contribution in [2.45, 2.75) is 65.1 Å². The van der Waals surface area contributed by atoms with E-state index in [2.05, 4.69) is 32.1 Å². The average molecular weight is 376 g/mol. The van der Waals surface area contributed by atoms with E-state index in [1.807, 2.05) is 6.92 Å². The van der Waals surface area contributed by atoms with Gasteiger partial charge in [-0.3, -0.25) is 9.59 Å². The molecule has 0 radical (unpaired) electrons. The Labute approximate surface area is 161 Å². The summed E-state index contributed by atoms with van der Waals surface area (Å²) in [6.07, 6.45) is 8.96. The molecule has 1 fully saturated rings. The normalized spacial score (nSPS) is 39.9. The number of cyclic esters (lactones) is 1. The average Bonchev–Trinajstić information content (AvgIpc) is 2.58. The first kappa shape index (κ1) is 20.1. The van der Waals surface area contributed by atoms with Crippen LogP contribution in [0.3, 0.4) is 0 Å². The number of carboxylic acids is 1. The third-order valence-corrected chi connectivity index (χ3v) is 6.79. The Morgan fingerprint density at radius 2 is 2.04 bits per heavy atom. The zero-order valence-electron chi connectivity index (χ0n) is 16.5. The molecule has 5 heteroatoms. The fraction of sp³-hybridized carbons (Fsp3) is 0.727. The number of hydrogen-bond donors (Lipinski definition) is 2. The van der Waals surface area contributed by atoms with E-state index >= 15 is 0 Å². The van der Waals surface area contributed by atoms with Crippen molar-refractivity contribution in [1.29, 1.82) is 0 Å². The van der Waals surface area contributed by atoms with Crippen molar-refractivity contribution in [3.63, 3.8) is 0 Å². The second-order valence-electron chi connectivity index (χ2n) is 8.86. The van der Waals surface area contributed by atoms with Gasteiger partial charge in [0, 0.05) is 6.42 Å². The molecule has 0 amide bonds. The molecular weight excluding hydrogens is 344 g/mol. The molecule has 3 aliphatic rings. The van der Waals surface area contributed by atoms with E-state index in [0.717, 1.165) is 19.3 Å². The number of fused-ring (bicyclic) bond motifs is 1. The molecule has 0 aromatic heterocycles. The molecule has 1 aliphatic heterocycles. The Morgan fingerprint density at radius 3 is 2.70 bits per heavy atom. The smallest absolute Gasteiger partial charge is 0.308 e. The van der Waals surface area contributed by atoms with Gasteiger partial charge < -0.3 is 14.9 Å². The molecule has 0 bridgehead atoms. The molecule has 5 nitrogen and oxygen atoms in total. The lowest BCUT2D eigenvalue weighted by Crippen LogP contribution is -2.40. The Morgan fingerprint density at radius 1 is 1.30 bits per heavy atom. The van der Waals surface area contributed by atoms with Crippen LogP contribution >= 0.6 is 0 Å². The van der Waals surface area contributed by atoms with Crippen molar-refractivity contribution < 1.29 is 24.5 Å². The fourth-order valence-corrected chi connectivity index (χ4v) is 5.35. The Bertz CT molecular complexity index is 637. The summed E-state index contributed by atoms with van der Waals surface area (Å²) in [6.45, 7) is 6.19. The summed E-state index contributed by atoms with van der Waals surface area (Å²) in [5.74, 6) is 0.00362. The summed E-state index contributed by atoms with van der Waals surface area (Å²) in [5.41, 5.74) is 1.27. The molecular formula is C22H32O5. The van der Waals surface area contributed by atoms with E-state index < -0.39 is 12.1 Å². The minimum atomic E-state index is -0.723. The standard InChI is InChI=1S/C22H32O5/c1-12-8-15-5-4-13(2)18(21(15)19(9-12)14(3)22(25)26)7-6-17-10-16(23)11-20(24)27-17/h4-5,8,12-14,16-19,21,23H,6-7,9-11H2,1-3H3,(H,25,26)/t12-,13+,14?,16+,17+,18-,19+,21+/m0/s1. The van der Waals surface area contributed by atoms with E-state index in [1.54, 1.807) is 0 Å². The molecule has 3 rings (SSSR count). The fourth-order valence-electron chi connectivity index (χ4n) is 5.35. The van der Waals surface area contributed by atoms with Gasteiger partial charge in [0.1, 0.15) is 6.10 Å². The molecule has 1 saturated heterocycles. The third kappa shape index (κ3) is 4.45. The van der Waals surface area contributed by atoms with E-state index in [-0.39, 0.29) is 36.2 Å². The van der Waals surface area contributed by atoms with Gasteiger partial charge in [0.25, 0.3) is 0 Å². The van der Waals surface area contributed by atoms with Crippen molar-refractivity contribution in [2.75, 3.05) is 0 Å². The molecule has 0 aromatic carbocycles. The Hall–Kier alpha value is -1.62. The van der Waals surface area contributed by atoms with Gasteiger partial charge in [0.15, 0.2) is 0 Å². The summed E-state index contributed by atoms with van der Waals surface area (Å²) < 4.78 is 5.42. The first-order chi connectivity index (χ1) is 12.8. The van der Waals surface area contributed by atoms with Gasteiger partial charge in [-0.25, -0.2) is 0 Å². The van der Waals surface area contributed by atoms with E-state index in [4.69, 9.17) is 4.74 Å². The molecule has 150 valence electrons. The molecule has 0 aromatic rings. The zero-order valence-corrected chi connectivity index (χ0v) is 16.5. The second-order valence-corrected chi connectivity index (χ2v) is 8.86. The number of hydrogen-bond acceptors (Lipinski definition) is 4. The van der Waals surface area contributed by atoms with Crippen molar-refractivity contribution in [3.8, 4) is 0 Å². The lowest BCUT2D eigenvalue weighted by atomic mass is 9.59. The first-order valence-electron chi connectivity index (χ1n) is 10.3. The van der Waals surface area contributed by atoms with Crippen LogP contribution in [0.4, 0.5) is 0 Å². The van der Waals surface area contributed by atoms with Gasteiger partial charge in [0.05, 0.1) is 18.4 Å². The number of carboxylic acid groups (broad SMARTS) is 1. The number of ether oxygens (including phenoxy) is 1. The van der Waals surface area contributed by atoms with Crippen molar-refractivity contribution in [3.05, 3.63) is 23.8 Å². The summed E-state index contributed by atoms with van der Waals surface area (Å²) >= 11 is 0. The van der Waals surface area contributed by atoms with Crippen LogP contribution < -0.4 is 0 Å². The highest BCUT2D eigenvalue weighted by atomic mass is 16.5. The van der Waals surface area contributed by atoms with E-state index in [0.29, 0.717) is 24.2 Å². The van der Waals surface area contributed by atoms with Crippen molar-refractivity contribution in [2.24, 2.45) is 35.5 Å². The monoisotopic (exact) mass is 376 g/mol. The summed E-state index contributed by atoms with van der Waals surface area (Å²) in [5, 5.41) is 19.5. The van der Waals surface area contributed by atoms with Crippen molar-refractivity contribution >= 4 is 11.9 Å². The number of carbonyl (C=O) groups excluding carboxylic acids is 1. The van der Waals surface area contributed by atoms with Crippen molar-refractivity contribution in [1.82, 2.24) is 0 Å². The van der Waals surface area contributed by atoms with Crippen LogP contribution in [0.1, 0.15) is 52.9 Å². The topological polar surface area (TPSA) is 83.8 Å². The zero-order chi connectivity index (χ0) is 19.7. The summed E-state index contributed by atoms with van der Waals surface area (Å²) in [4.78, 5) is 23.3. The number of aliphatic hydroxyl groups is 1. The van der Waals surface area contributed by atoms with Gasteiger partial charge in [-0.05, 0) is 54.4 Å². The van der Waals surface area contributed by atoms with Crippen LogP contribution in [-0.4, -0.2) is 34.4 Å². The predicted molar refractivity (Wildman–Crippen MR) is 102 cm³/mol. The molecule has 2 aliphatic carbocycles. The maximum absolute atomic E-state index is 11.7.